The summed E-state index contributed by atoms with van der Waals surface area (Å²) in [5, 5.41) is 6.31. The molecule has 1 atom stereocenters. The smallest absolute Gasteiger partial charge is 0.242 e. The van der Waals surface area contributed by atoms with Gasteiger partial charge in [-0.2, -0.15) is 15.0 Å². The van der Waals surface area contributed by atoms with Crippen LogP contribution >= 0.6 is 23.2 Å². The van der Waals surface area contributed by atoms with Crippen molar-refractivity contribution in [2.45, 2.75) is 66.5 Å². The average molecular weight is 514 g/mol. The molecule has 1 aromatic carbocycles. The lowest BCUT2D eigenvalue weighted by Gasteiger charge is -2.31. The summed E-state index contributed by atoms with van der Waals surface area (Å²) in [4.78, 5) is 26.1. The lowest BCUT2D eigenvalue weighted by Crippen LogP contribution is -2.43. The van der Waals surface area contributed by atoms with Gasteiger partial charge in [0.05, 0.1) is 18.3 Å². The minimum absolute atomic E-state index is 0.0223. The van der Waals surface area contributed by atoms with Gasteiger partial charge < -0.3 is 20.3 Å². The molecule has 0 saturated carbocycles. The normalized spacial score (nSPS) is 11.8. The zero-order valence-corrected chi connectivity index (χ0v) is 23.0. The number of para-hydroxylation sites is 1. The fourth-order valence-corrected chi connectivity index (χ4v) is 3.59. The highest BCUT2D eigenvalue weighted by molar-refractivity contribution is 6.29. The molecule has 0 aliphatic rings. The molecule has 2 N–H and O–H groups in total. The third-order valence-corrected chi connectivity index (χ3v) is 5.00. The minimum atomic E-state index is -0.103. The Kier molecular flexibility index (Phi) is 12.6. The number of aryl methyl sites for hydroxylation is 2. The molecule has 0 spiro atoms. The van der Waals surface area contributed by atoms with Crippen LogP contribution in [0.15, 0.2) is 18.2 Å². The van der Waals surface area contributed by atoms with E-state index in [0.717, 1.165) is 29.8 Å². The Labute approximate surface area is 213 Å². The first-order valence-electron chi connectivity index (χ1n) is 11.4. The van der Waals surface area contributed by atoms with E-state index in [9.17, 15) is 4.79 Å². The summed E-state index contributed by atoms with van der Waals surface area (Å²) in [6.07, 6.45) is 0.878. The monoisotopic (exact) mass is 512 g/mol. The maximum atomic E-state index is 12.2. The quantitative estimate of drug-likeness (QED) is 0.438. The number of benzene rings is 1. The third kappa shape index (κ3) is 9.60. The standard InChI is InChI=1S/C15H22ClNO2.C9H16ClN5/c1-5-13-8-6-7-11(2)15(13)17(14(18)9-16)12(3)10-19-4;1-5-11-7-12-6(10)13-8(14-7)15-9(2,3)4/h6-8,12H,5,9-10H2,1-4H3;5H2,1-4H3,(H2,11,12,13,14,15)/t12-;/m0./s1. The Morgan fingerprint density at radius 3 is 2.35 bits per heavy atom. The maximum Gasteiger partial charge on any atom is 0.242 e. The Bertz CT molecular complexity index is 921. The van der Waals surface area contributed by atoms with Crippen LogP contribution in [0.1, 0.15) is 52.7 Å². The van der Waals surface area contributed by atoms with Crippen molar-refractivity contribution < 1.29 is 9.53 Å². The van der Waals surface area contributed by atoms with Gasteiger partial charge in [0, 0.05) is 19.2 Å². The van der Waals surface area contributed by atoms with Gasteiger partial charge in [-0.15, -0.1) is 11.6 Å². The Hall–Kier alpha value is -2.16. The molecule has 0 saturated heterocycles. The van der Waals surface area contributed by atoms with Crippen LogP contribution in [-0.4, -0.2) is 58.6 Å². The van der Waals surface area contributed by atoms with Crippen molar-refractivity contribution in [2.75, 3.05) is 41.7 Å². The molecule has 190 valence electrons. The van der Waals surface area contributed by atoms with E-state index in [1.54, 1.807) is 12.0 Å². The Morgan fingerprint density at radius 1 is 1.18 bits per heavy atom. The van der Waals surface area contributed by atoms with E-state index in [4.69, 9.17) is 27.9 Å². The summed E-state index contributed by atoms with van der Waals surface area (Å²) in [6, 6.07) is 6.05. The molecule has 34 heavy (non-hydrogen) atoms. The predicted molar refractivity (Wildman–Crippen MR) is 142 cm³/mol. The lowest BCUT2D eigenvalue weighted by atomic mass is 10.0. The molecular weight excluding hydrogens is 475 g/mol. The summed E-state index contributed by atoms with van der Waals surface area (Å²) in [6.45, 7) is 15.3. The highest BCUT2D eigenvalue weighted by Crippen LogP contribution is 2.28. The minimum Gasteiger partial charge on any atom is -0.383 e. The molecule has 0 aliphatic heterocycles. The number of aromatic nitrogens is 3. The molecule has 0 radical (unpaired) electrons. The van der Waals surface area contributed by atoms with E-state index < -0.39 is 0 Å². The second kappa shape index (κ2) is 14.3. The van der Waals surface area contributed by atoms with E-state index in [1.165, 1.54) is 0 Å². The van der Waals surface area contributed by atoms with Crippen LogP contribution in [-0.2, 0) is 16.0 Å². The fourth-order valence-electron chi connectivity index (χ4n) is 3.30. The highest BCUT2D eigenvalue weighted by atomic mass is 35.5. The molecule has 0 unspecified atom stereocenters. The number of amides is 1. The fraction of sp³-hybridized carbons (Fsp3) is 0.583. The van der Waals surface area contributed by atoms with Crippen molar-refractivity contribution >= 4 is 46.7 Å². The molecule has 10 heteroatoms. The molecule has 8 nitrogen and oxygen atoms in total. The second-order valence-corrected chi connectivity index (χ2v) is 9.40. The number of hydrogen-bond acceptors (Lipinski definition) is 7. The molecular formula is C24H38Cl2N6O2. The second-order valence-electron chi connectivity index (χ2n) is 8.79. The van der Waals surface area contributed by atoms with E-state index in [1.807, 2.05) is 53.7 Å². The number of carbonyl (C=O) groups is 1. The number of carbonyl (C=O) groups excluding carboxylic acids is 1. The largest absolute Gasteiger partial charge is 0.383 e. The van der Waals surface area contributed by atoms with Crippen molar-refractivity contribution in [3.63, 3.8) is 0 Å². The first kappa shape index (κ1) is 29.9. The van der Waals surface area contributed by atoms with E-state index in [-0.39, 0.29) is 28.7 Å². The van der Waals surface area contributed by atoms with Crippen LogP contribution in [0.25, 0.3) is 0 Å². The number of nitrogens with one attached hydrogen (secondary N) is 2. The van der Waals surface area contributed by atoms with Crippen molar-refractivity contribution in [3.8, 4) is 0 Å². The lowest BCUT2D eigenvalue weighted by molar-refractivity contribution is -0.116. The molecule has 0 aliphatic carbocycles. The maximum absolute atomic E-state index is 12.2. The number of halogens is 2. The summed E-state index contributed by atoms with van der Waals surface area (Å²) in [5.41, 5.74) is 3.11. The molecule has 2 rings (SSSR count). The number of rotatable bonds is 9. The molecule has 1 heterocycles. The highest BCUT2D eigenvalue weighted by Gasteiger charge is 2.24. The van der Waals surface area contributed by atoms with Gasteiger partial charge in [-0.3, -0.25) is 4.79 Å². The van der Waals surface area contributed by atoms with E-state index in [2.05, 4.69) is 38.6 Å². The average Bonchev–Trinajstić information content (AvgIpc) is 2.74. The Balaban J connectivity index is 0.000000350. The summed E-state index contributed by atoms with van der Waals surface area (Å²) >= 11 is 11.5. The number of anilines is 3. The third-order valence-electron chi connectivity index (χ3n) is 4.60. The van der Waals surface area contributed by atoms with Gasteiger partial charge in [-0.05, 0) is 70.7 Å². The van der Waals surface area contributed by atoms with Crippen molar-refractivity contribution in [1.82, 2.24) is 15.0 Å². The van der Waals surface area contributed by atoms with Gasteiger partial charge in [-0.1, -0.05) is 25.1 Å². The van der Waals surface area contributed by atoms with Gasteiger partial charge >= 0.3 is 0 Å². The van der Waals surface area contributed by atoms with Gasteiger partial charge in [0.2, 0.25) is 23.1 Å². The van der Waals surface area contributed by atoms with Crippen LogP contribution in [0.4, 0.5) is 17.6 Å². The van der Waals surface area contributed by atoms with E-state index >= 15 is 0 Å². The summed E-state index contributed by atoms with van der Waals surface area (Å²) < 4.78 is 5.18. The molecule has 2 aromatic rings. The summed E-state index contributed by atoms with van der Waals surface area (Å²) in [7, 11) is 1.64. The van der Waals surface area contributed by atoms with Crippen LogP contribution in [0.5, 0.6) is 0 Å². The van der Waals surface area contributed by atoms with E-state index in [0.29, 0.717) is 18.5 Å². The first-order valence-corrected chi connectivity index (χ1v) is 12.3. The van der Waals surface area contributed by atoms with Crippen molar-refractivity contribution in [3.05, 3.63) is 34.6 Å². The first-order chi connectivity index (χ1) is 16.0. The molecule has 1 amide bonds. The number of alkyl halides is 1. The van der Waals surface area contributed by atoms with Gasteiger partial charge in [0.15, 0.2) is 0 Å². The van der Waals surface area contributed by atoms with Gasteiger partial charge in [0.25, 0.3) is 0 Å². The Morgan fingerprint density at radius 2 is 1.82 bits per heavy atom. The van der Waals surface area contributed by atoms with Crippen LogP contribution < -0.4 is 15.5 Å². The molecule has 0 fully saturated rings. The van der Waals surface area contributed by atoms with Crippen molar-refractivity contribution in [2.24, 2.45) is 0 Å². The number of nitrogens with zero attached hydrogens (tertiary/aromatic N) is 4. The van der Waals surface area contributed by atoms with Gasteiger partial charge in [-0.25, -0.2) is 0 Å². The topological polar surface area (TPSA) is 92.3 Å². The zero-order valence-electron chi connectivity index (χ0n) is 21.5. The molecule has 0 bridgehead atoms. The SMILES string of the molecule is CCNc1nc(Cl)nc(NC(C)(C)C)n1.CCc1cccc(C)c1N(C(=O)CCl)[C@@H](C)COC. The molecule has 1 aromatic heterocycles. The zero-order chi connectivity index (χ0) is 25.9. The van der Waals surface area contributed by atoms with Crippen LogP contribution in [0.3, 0.4) is 0 Å². The van der Waals surface area contributed by atoms with Crippen molar-refractivity contribution in [1.29, 1.82) is 0 Å². The number of hydrogen-bond donors (Lipinski definition) is 2. The summed E-state index contributed by atoms with van der Waals surface area (Å²) in [5.74, 6) is 0.865. The van der Waals surface area contributed by atoms with Crippen LogP contribution in [0.2, 0.25) is 5.28 Å². The van der Waals surface area contributed by atoms with Crippen LogP contribution in [0, 0.1) is 6.92 Å². The number of methoxy groups -OCH3 is 1. The van der Waals surface area contributed by atoms with Gasteiger partial charge in [0.1, 0.15) is 5.88 Å². The predicted octanol–water partition coefficient (Wildman–Crippen LogP) is 5.33. The number of ether oxygens (including phenoxy) is 1.